The van der Waals surface area contributed by atoms with Gasteiger partial charge < -0.3 is 5.73 Å². The van der Waals surface area contributed by atoms with E-state index in [2.05, 4.69) is 11.4 Å². The van der Waals surface area contributed by atoms with Gasteiger partial charge in [0, 0.05) is 18.5 Å². The highest BCUT2D eigenvalue weighted by molar-refractivity contribution is 7.98. The maximum absolute atomic E-state index is 5.50. The predicted octanol–water partition coefficient (Wildman–Crippen LogP) is 0.705. The number of thioether (sulfide) groups is 1. The summed E-state index contributed by atoms with van der Waals surface area (Å²) in [5, 5.41) is 4.15. The van der Waals surface area contributed by atoms with Crippen molar-refractivity contribution in [1.82, 2.24) is 9.78 Å². The molecule has 0 aliphatic carbocycles. The zero-order valence-corrected chi connectivity index (χ0v) is 7.47. The van der Waals surface area contributed by atoms with E-state index in [4.69, 9.17) is 5.73 Å². The maximum Gasteiger partial charge on any atom is 0.0520 e. The summed E-state index contributed by atoms with van der Waals surface area (Å²) in [4.78, 5) is 0. The van der Waals surface area contributed by atoms with Gasteiger partial charge in [-0.2, -0.15) is 16.9 Å². The second kappa shape index (κ2) is 4.41. The fourth-order valence-electron chi connectivity index (χ4n) is 0.913. The summed E-state index contributed by atoms with van der Waals surface area (Å²) in [5.41, 5.74) is 6.61. The topological polar surface area (TPSA) is 43.8 Å². The van der Waals surface area contributed by atoms with Gasteiger partial charge in [-0.3, -0.25) is 4.68 Å². The Hall–Kier alpha value is -0.480. The number of nitrogens with zero attached hydrogens (tertiary/aromatic N) is 2. The van der Waals surface area contributed by atoms with E-state index < -0.39 is 0 Å². The van der Waals surface area contributed by atoms with Crippen LogP contribution in [0.3, 0.4) is 0 Å². The summed E-state index contributed by atoms with van der Waals surface area (Å²) >= 11 is 1.82. The Morgan fingerprint density at radius 2 is 2.55 bits per heavy atom. The lowest BCUT2D eigenvalue weighted by molar-refractivity contribution is 0.629. The molecule has 0 saturated carbocycles. The van der Waals surface area contributed by atoms with Crippen LogP contribution in [0.15, 0.2) is 12.3 Å². The van der Waals surface area contributed by atoms with Crippen LogP contribution in [0.1, 0.15) is 5.69 Å². The van der Waals surface area contributed by atoms with E-state index >= 15 is 0 Å². The molecule has 3 nitrogen and oxygen atoms in total. The van der Waals surface area contributed by atoms with Crippen molar-refractivity contribution in [3.8, 4) is 0 Å². The van der Waals surface area contributed by atoms with Crippen molar-refractivity contribution in [2.45, 2.75) is 13.1 Å². The standard InChI is InChI=1S/C7H13N3S/c1-11-5-4-10-7(6-8)2-3-9-10/h2-3H,4-6,8H2,1H3. The minimum absolute atomic E-state index is 0.578. The summed E-state index contributed by atoms with van der Waals surface area (Å²) in [6.45, 7) is 1.54. The Morgan fingerprint density at radius 3 is 3.18 bits per heavy atom. The summed E-state index contributed by atoms with van der Waals surface area (Å²) < 4.78 is 1.95. The lowest BCUT2D eigenvalue weighted by Gasteiger charge is -2.02. The van der Waals surface area contributed by atoms with Crippen LogP contribution in [0.2, 0.25) is 0 Å². The Morgan fingerprint density at radius 1 is 1.73 bits per heavy atom. The third kappa shape index (κ3) is 2.24. The van der Waals surface area contributed by atoms with Crippen LogP contribution in [0.4, 0.5) is 0 Å². The van der Waals surface area contributed by atoms with Crippen LogP contribution < -0.4 is 5.73 Å². The van der Waals surface area contributed by atoms with Crippen molar-refractivity contribution in [1.29, 1.82) is 0 Å². The number of nitrogens with two attached hydrogens (primary N) is 1. The van der Waals surface area contributed by atoms with E-state index in [0.717, 1.165) is 18.0 Å². The third-order valence-corrected chi connectivity index (χ3v) is 2.11. The van der Waals surface area contributed by atoms with E-state index in [1.165, 1.54) is 0 Å². The van der Waals surface area contributed by atoms with Crippen LogP contribution >= 0.6 is 11.8 Å². The minimum atomic E-state index is 0.578. The van der Waals surface area contributed by atoms with Crippen LogP contribution in [0, 0.1) is 0 Å². The number of hydrogen-bond donors (Lipinski definition) is 1. The van der Waals surface area contributed by atoms with Gasteiger partial charge in [-0.05, 0) is 12.3 Å². The Balaban J connectivity index is 2.54. The van der Waals surface area contributed by atoms with E-state index in [9.17, 15) is 0 Å². The molecule has 0 aliphatic rings. The molecule has 2 N–H and O–H groups in total. The van der Waals surface area contributed by atoms with Gasteiger partial charge in [0.25, 0.3) is 0 Å². The summed E-state index contributed by atoms with van der Waals surface area (Å²) in [7, 11) is 0. The van der Waals surface area contributed by atoms with Crippen LogP contribution in [-0.2, 0) is 13.1 Å². The Bertz CT molecular complexity index is 209. The van der Waals surface area contributed by atoms with Gasteiger partial charge in [0.2, 0.25) is 0 Å². The first kappa shape index (κ1) is 8.62. The molecule has 0 spiro atoms. The molecule has 1 aromatic heterocycles. The zero-order valence-electron chi connectivity index (χ0n) is 6.66. The zero-order chi connectivity index (χ0) is 8.10. The number of rotatable bonds is 4. The summed E-state index contributed by atoms with van der Waals surface area (Å²) in [6, 6.07) is 1.96. The Kier molecular flexibility index (Phi) is 3.45. The quantitative estimate of drug-likeness (QED) is 0.725. The highest BCUT2D eigenvalue weighted by atomic mass is 32.2. The molecule has 0 aliphatic heterocycles. The van der Waals surface area contributed by atoms with Crippen LogP contribution in [-0.4, -0.2) is 21.8 Å². The molecule has 0 saturated heterocycles. The van der Waals surface area contributed by atoms with Gasteiger partial charge in [-0.1, -0.05) is 0 Å². The fraction of sp³-hybridized carbons (Fsp3) is 0.571. The van der Waals surface area contributed by atoms with Gasteiger partial charge in [0.1, 0.15) is 0 Å². The summed E-state index contributed by atoms with van der Waals surface area (Å²) in [6.07, 6.45) is 3.88. The molecule has 1 rings (SSSR count). The summed E-state index contributed by atoms with van der Waals surface area (Å²) in [5.74, 6) is 1.09. The molecule has 4 heteroatoms. The number of aromatic nitrogens is 2. The SMILES string of the molecule is CSCCn1nccc1CN. The smallest absolute Gasteiger partial charge is 0.0520 e. The van der Waals surface area contributed by atoms with Gasteiger partial charge in [0.15, 0.2) is 0 Å². The van der Waals surface area contributed by atoms with Gasteiger partial charge in [-0.15, -0.1) is 0 Å². The van der Waals surface area contributed by atoms with E-state index in [-0.39, 0.29) is 0 Å². The predicted molar refractivity (Wildman–Crippen MR) is 48.5 cm³/mol. The molecule has 0 atom stereocenters. The first-order valence-electron chi connectivity index (χ1n) is 3.58. The third-order valence-electron chi connectivity index (χ3n) is 1.52. The molecule has 0 aromatic carbocycles. The largest absolute Gasteiger partial charge is 0.325 e. The highest BCUT2D eigenvalue weighted by Gasteiger charge is 1.97. The Labute approximate surface area is 71.0 Å². The lowest BCUT2D eigenvalue weighted by atomic mass is 10.4. The highest BCUT2D eigenvalue weighted by Crippen LogP contribution is 1.99. The second-order valence-corrected chi connectivity index (χ2v) is 3.23. The first-order valence-corrected chi connectivity index (χ1v) is 4.97. The second-order valence-electron chi connectivity index (χ2n) is 2.24. The van der Waals surface area contributed by atoms with Crippen LogP contribution in [0.5, 0.6) is 0 Å². The molecule has 0 radical (unpaired) electrons. The van der Waals surface area contributed by atoms with Crippen molar-refractivity contribution >= 4 is 11.8 Å². The van der Waals surface area contributed by atoms with Crippen molar-refractivity contribution in [2.75, 3.05) is 12.0 Å². The maximum atomic E-state index is 5.50. The van der Waals surface area contributed by atoms with Gasteiger partial charge in [-0.25, -0.2) is 0 Å². The van der Waals surface area contributed by atoms with Crippen molar-refractivity contribution in [3.63, 3.8) is 0 Å². The molecular formula is C7H13N3S. The molecular weight excluding hydrogens is 158 g/mol. The molecule has 1 aromatic rings. The molecule has 62 valence electrons. The first-order chi connectivity index (χ1) is 5.38. The van der Waals surface area contributed by atoms with Crippen molar-refractivity contribution < 1.29 is 0 Å². The van der Waals surface area contributed by atoms with Crippen molar-refractivity contribution in [3.05, 3.63) is 18.0 Å². The monoisotopic (exact) mass is 171 g/mol. The molecule has 11 heavy (non-hydrogen) atoms. The van der Waals surface area contributed by atoms with E-state index in [1.807, 2.05) is 22.5 Å². The normalized spacial score (nSPS) is 10.4. The average molecular weight is 171 g/mol. The molecule has 0 unspecified atom stereocenters. The van der Waals surface area contributed by atoms with Gasteiger partial charge >= 0.3 is 0 Å². The van der Waals surface area contributed by atoms with E-state index in [1.54, 1.807) is 6.20 Å². The molecule has 0 fully saturated rings. The van der Waals surface area contributed by atoms with Crippen LogP contribution in [0.25, 0.3) is 0 Å². The average Bonchev–Trinajstić information content (AvgIpc) is 2.47. The number of aryl methyl sites for hydroxylation is 1. The van der Waals surface area contributed by atoms with Gasteiger partial charge in [0.05, 0.1) is 12.2 Å². The molecule has 0 bridgehead atoms. The fourth-order valence-corrected chi connectivity index (χ4v) is 1.27. The number of hydrogen-bond acceptors (Lipinski definition) is 3. The minimum Gasteiger partial charge on any atom is -0.325 e. The molecule has 0 amide bonds. The van der Waals surface area contributed by atoms with E-state index in [0.29, 0.717) is 6.54 Å². The molecule has 1 heterocycles. The van der Waals surface area contributed by atoms with Crippen molar-refractivity contribution in [2.24, 2.45) is 5.73 Å². The lowest BCUT2D eigenvalue weighted by Crippen LogP contribution is -2.09.